The molecule has 0 fully saturated rings. The first kappa shape index (κ1) is 25.2. The molecule has 4 aromatic rings. The summed E-state index contributed by atoms with van der Waals surface area (Å²) in [4.78, 5) is 35.3. The van der Waals surface area contributed by atoms with E-state index in [2.05, 4.69) is 0 Å². The molecule has 188 valence electrons. The number of hydrogen-bond donors (Lipinski definition) is 0. The highest BCUT2D eigenvalue weighted by Crippen LogP contribution is 2.38. The number of benzene rings is 3. The average Bonchev–Trinajstić information content (AvgIpc) is 2.84. The smallest absolute Gasteiger partial charge is 0.449 e. The van der Waals surface area contributed by atoms with E-state index >= 15 is 0 Å². The molecule has 1 aromatic heterocycles. The van der Waals surface area contributed by atoms with Crippen molar-refractivity contribution >= 4 is 28.7 Å². The Morgan fingerprint density at radius 1 is 1.03 bits per heavy atom. The predicted molar refractivity (Wildman–Crippen MR) is 127 cm³/mol. The van der Waals surface area contributed by atoms with Crippen molar-refractivity contribution in [1.29, 1.82) is 0 Å². The molecule has 37 heavy (non-hydrogen) atoms. The molecule has 0 N–H and O–H groups in total. The first-order valence-electron chi connectivity index (χ1n) is 10.6. The van der Waals surface area contributed by atoms with Gasteiger partial charge in [-0.25, -0.2) is 4.79 Å². The molecule has 0 spiro atoms. The second-order valence-corrected chi connectivity index (χ2v) is 7.77. The second-order valence-electron chi connectivity index (χ2n) is 7.77. The Bertz CT molecular complexity index is 1610. The van der Waals surface area contributed by atoms with Crippen LogP contribution >= 0.6 is 0 Å². The van der Waals surface area contributed by atoms with E-state index in [4.69, 9.17) is 13.9 Å². The molecule has 0 atom stereocenters. The van der Waals surface area contributed by atoms with Crippen molar-refractivity contribution < 1.29 is 36.8 Å². The summed E-state index contributed by atoms with van der Waals surface area (Å²) in [6.45, 7) is 1.71. The van der Waals surface area contributed by atoms with Gasteiger partial charge < -0.3 is 13.9 Å². The van der Waals surface area contributed by atoms with Crippen LogP contribution in [-0.2, 0) is 11.0 Å². The molecular weight excluding hydrogens is 495 g/mol. The number of carbonyl (C=O) groups excluding carboxylic acids is 1. The Balaban J connectivity index is 1.64. The highest BCUT2D eigenvalue weighted by Gasteiger charge is 2.40. The molecule has 0 radical (unpaired) electrons. The largest absolute Gasteiger partial charge is 0.453 e. The number of ether oxygens (including phenoxy) is 2. The van der Waals surface area contributed by atoms with Gasteiger partial charge in [0, 0.05) is 24.3 Å². The van der Waals surface area contributed by atoms with Gasteiger partial charge in [0.15, 0.2) is 0 Å². The number of nitro benzene ring substituents is 1. The first-order valence-corrected chi connectivity index (χ1v) is 10.6. The number of aryl methyl sites for hydroxylation is 1. The van der Waals surface area contributed by atoms with Crippen LogP contribution in [0.25, 0.3) is 17.0 Å². The van der Waals surface area contributed by atoms with Crippen molar-refractivity contribution in [3.63, 3.8) is 0 Å². The number of halogens is 3. The van der Waals surface area contributed by atoms with E-state index in [0.717, 1.165) is 18.2 Å². The summed E-state index contributed by atoms with van der Waals surface area (Å²) in [5, 5.41) is 10.6. The van der Waals surface area contributed by atoms with Gasteiger partial charge in [0.1, 0.15) is 17.1 Å². The van der Waals surface area contributed by atoms with Gasteiger partial charge in [0.05, 0.1) is 10.3 Å². The van der Waals surface area contributed by atoms with Crippen LogP contribution in [0, 0.1) is 17.0 Å². The first-order chi connectivity index (χ1) is 17.5. The Hall–Kier alpha value is -4.93. The molecule has 0 saturated carbocycles. The molecule has 0 bridgehead atoms. The minimum absolute atomic E-state index is 0.0261. The van der Waals surface area contributed by atoms with Gasteiger partial charge in [-0.15, -0.1) is 0 Å². The molecule has 0 amide bonds. The third-order valence-electron chi connectivity index (χ3n) is 5.00. The Labute approximate surface area is 206 Å². The van der Waals surface area contributed by atoms with E-state index in [9.17, 15) is 32.9 Å². The Morgan fingerprint density at radius 3 is 2.49 bits per heavy atom. The number of non-ortho nitro benzene ring substituents is 1. The number of nitrogens with zero attached hydrogens (tertiary/aromatic N) is 1. The van der Waals surface area contributed by atoms with E-state index in [-0.39, 0.29) is 22.6 Å². The highest BCUT2D eigenvalue weighted by atomic mass is 19.4. The van der Waals surface area contributed by atoms with Crippen LogP contribution in [-0.4, -0.2) is 10.9 Å². The standard InChI is InChI=1S/C26H16F3NO7/c1-15-4-2-7-18(12-15)36-24-23(32)20-10-9-19(14-21(20)37-25(24)26(27,28)29)35-22(31)11-8-16-5-3-6-17(13-16)30(33)34/h2-14H,1H3/b11-8+. The normalized spacial score (nSPS) is 11.6. The molecule has 8 nitrogen and oxygen atoms in total. The minimum Gasteiger partial charge on any atom is -0.449 e. The van der Waals surface area contributed by atoms with Crippen molar-refractivity contribution in [1.82, 2.24) is 0 Å². The fourth-order valence-electron chi connectivity index (χ4n) is 3.35. The minimum atomic E-state index is -5.06. The van der Waals surface area contributed by atoms with Crippen LogP contribution < -0.4 is 14.9 Å². The third-order valence-corrected chi connectivity index (χ3v) is 5.00. The van der Waals surface area contributed by atoms with Gasteiger partial charge in [-0.1, -0.05) is 24.3 Å². The summed E-state index contributed by atoms with van der Waals surface area (Å²) in [5.41, 5.74) is -0.638. The average molecular weight is 511 g/mol. The molecule has 1 heterocycles. The number of nitro groups is 1. The lowest BCUT2D eigenvalue weighted by Crippen LogP contribution is -2.15. The number of alkyl halides is 3. The third kappa shape index (κ3) is 5.84. The van der Waals surface area contributed by atoms with Crippen LogP contribution in [0.3, 0.4) is 0 Å². The second kappa shape index (κ2) is 9.97. The van der Waals surface area contributed by atoms with Gasteiger partial charge in [0.2, 0.25) is 11.2 Å². The summed E-state index contributed by atoms with van der Waals surface area (Å²) >= 11 is 0. The van der Waals surface area contributed by atoms with Crippen molar-refractivity contribution in [2.45, 2.75) is 13.1 Å². The summed E-state index contributed by atoms with van der Waals surface area (Å²) in [6, 6.07) is 15.0. The van der Waals surface area contributed by atoms with Gasteiger partial charge >= 0.3 is 12.1 Å². The molecular formula is C26H16F3NO7. The molecule has 0 aliphatic heterocycles. The molecule has 3 aromatic carbocycles. The zero-order chi connectivity index (χ0) is 26.7. The summed E-state index contributed by atoms with van der Waals surface area (Å²) in [5.74, 6) is -3.73. The number of carbonyl (C=O) groups is 1. The lowest BCUT2D eigenvalue weighted by atomic mass is 10.2. The number of rotatable bonds is 6. The van der Waals surface area contributed by atoms with Gasteiger partial charge in [-0.05, 0) is 48.4 Å². The van der Waals surface area contributed by atoms with E-state index in [1.807, 2.05) is 0 Å². The van der Waals surface area contributed by atoms with Crippen molar-refractivity contribution in [3.8, 4) is 17.2 Å². The van der Waals surface area contributed by atoms with E-state index in [1.165, 1.54) is 48.5 Å². The maximum absolute atomic E-state index is 13.7. The maximum atomic E-state index is 13.7. The number of fused-ring (bicyclic) bond motifs is 1. The lowest BCUT2D eigenvalue weighted by molar-refractivity contribution is -0.384. The highest BCUT2D eigenvalue weighted by molar-refractivity contribution is 5.89. The molecule has 4 rings (SSSR count). The van der Waals surface area contributed by atoms with Crippen LogP contribution in [0.2, 0.25) is 0 Å². The summed E-state index contributed by atoms with van der Waals surface area (Å²) < 4.78 is 56.6. The molecule has 0 saturated heterocycles. The Morgan fingerprint density at radius 2 is 1.78 bits per heavy atom. The topological polar surface area (TPSA) is 109 Å². The molecule has 11 heteroatoms. The van der Waals surface area contributed by atoms with E-state index < -0.39 is 39.6 Å². The molecule has 0 aliphatic carbocycles. The van der Waals surface area contributed by atoms with E-state index in [0.29, 0.717) is 11.1 Å². The van der Waals surface area contributed by atoms with Crippen LogP contribution in [0.5, 0.6) is 17.2 Å². The number of esters is 1. The fourth-order valence-corrected chi connectivity index (χ4v) is 3.35. The lowest BCUT2D eigenvalue weighted by Gasteiger charge is -2.13. The van der Waals surface area contributed by atoms with Crippen molar-refractivity contribution in [3.05, 3.63) is 110 Å². The fraction of sp³-hybridized carbons (Fsp3) is 0.0769. The van der Waals surface area contributed by atoms with Gasteiger partial charge in [-0.2, -0.15) is 13.2 Å². The zero-order valence-electron chi connectivity index (χ0n) is 18.9. The SMILES string of the molecule is Cc1cccc(Oc2c(C(F)(F)F)oc3cc(OC(=O)/C=C/c4cccc([N+](=O)[O-])c4)ccc3c2=O)c1. The monoisotopic (exact) mass is 511 g/mol. The summed E-state index contributed by atoms with van der Waals surface area (Å²) in [7, 11) is 0. The van der Waals surface area contributed by atoms with E-state index in [1.54, 1.807) is 19.1 Å². The number of hydrogen-bond acceptors (Lipinski definition) is 7. The van der Waals surface area contributed by atoms with Crippen molar-refractivity contribution in [2.75, 3.05) is 0 Å². The maximum Gasteiger partial charge on any atom is 0.453 e. The molecule has 0 aliphatic rings. The zero-order valence-corrected chi connectivity index (χ0v) is 18.9. The van der Waals surface area contributed by atoms with Crippen LogP contribution in [0.4, 0.5) is 18.9 Å². The molecule has 0 unspecified atom stereocenters. The van der Waals surface area contributed by atoms with Gasteiger partial charge in [-0.3, -0.25) is 14.9 Å². The predicted octanol–water partition coefficient (Wildman–Crippen LogP) is 6.44. The van der Waals surface area contributed by atoms with Gasteiger partial charge in [0.25, 0.3) is 11.4 Å². The summed E-state index contributed by atoms with van der Waals surface area (Å²) in [6.07, 6.45) is -2.80. The Kier molecular flexibility index (Phi) is 6.79. The van der Waals surface area contributed by atoms with Crippen LogP contribution in [0.15, 0.2) is 82.0 Å². The van der Waals surface area contributed by atoms with Crippen molar-refractivity contribution in [2.24, 2.45) is 0 Å². The quantitative estimate of drug-likeness (QED) is 0.0963. The van der Waals surface area contributed by atoms with Crippen LogP contribution in [0.1, 0.15) is 16.9 Å².